The molecular weight excluding hydrogens is 180 g/mol. The molecule has 0 amide bonds. The summed E-state index contributed by atoms with van der Waals surface area (Å²) in [5.74, 6) is 0.806. The van der Waals surface area contributed by atoms with Crippen molar-refractivity contribution in [3.63, 3.8) is 0 Å². The van der Waals surface area contributed by atoms with Crippen LogP contribution in [-0.4, -0.2) is 28.5 Å². The summed E-state index contributed by atoms with van der Waals surface area (Å²) in [6.07, 6.45) is 8.85. The summed E-state index contributed by atoms with van der Waals surface area (Å²) in [5, 5.41) is 15.0. The molecule has 0 bridgehead atoms. The Bertz CT molecular complexity index is 212. The van der Waals surface area contributed by atoms with Gasteiger partial charge in [0.2, 0.25) is 0 Å². The molecule has 4 heteroatoms. The number of hydrogen-bond donors (Lipinski definition) is 2. The van der Waals surface area contributed by atoms with Gasteiger partial charge in [-0.25, -0.2) is 0 Å². The van der Waals surface area contributed by atoms with E-state index < -0.39 is 0 Å². The van der Waals surface area contributed by atoms with E-state index in [9.17, 15) is 0 Å². The van der Waals surface area contributed by atoms with E-state index in [1.165, 1.54) is 6.42 Å². The van der Waals surface area contributed by atoms with Gasteiger partial charge in [0.05, 0.1) is 19.0 Å². The van der Waals surface area contributed by atoms with Crippen molar-refractivity contribution in [1.82, 2.24) is 10.2 Å². The van der Waals surface area contributed by atoms with Gasteiger partial charge in [-0.15, -0.1) is 0 Å². The second-order valence-corrected chi connectivity index (χ2v) is 3.27. The molecule has 0 atom stereocenters. The molecule has 0 radical (unpaired) electrons. The first kappa shape index (κ1) is 11.0. The monoisotopic (exact) mass is 198 g/mol. The molecule has 1 aromatic heterocycles. The molecular formula is C10H18N2O2. The topological polar surface area (TPSA) is 58.1 Å². The van der Waals surface area contributed by atoms with Crippen molar-refractivity contribution >= 4 is 0 Å². The number of aliphatic hydroxyl groups excluding tert-OH is 1. The summed E-state index contributed by atoms with van der Waals surface area (Å²) < 4.78 is 5.41. The van der Waals surface area contributed by atoms with Crippen molar-refractivity contribution in [1.29, 1.82) is 0 Å². The maximum absolute atomic E-state index is 8.56. The third kappa shape index (κ3) is 4.87. The van der Waals surface area contributed by atoms with Crippen LogP contribution in [0.2, 0.25) is 0 Å². The Morgan fingerprint density at radius 2 is 2.00 bits per heavy atom. The molecule has 0 spiro atoms. The molecule has 0 aliphatic carbocycles. The smallest absolute Gasteiger partial charge is 0.156 e. The number of aromatic amines is 1. The fourth-order valence-electron chi connectivity index (χ4n) is 1.25. The van der Waals surface area contributed by atoms with E-state index in [4.69, 9.17) is 9.84 Å². The molecule has 1 rings (SSSR count). The summed E-state index contributed by atoms with van der Waals surface area (Å²) in [6.45, 7) is 1.06. The molecule has 80 valence electrons. The molecule has 14 heavy (non-hydrogen) atoms. The van der Waals surface area contributed by atoms with Gasteiger partial charge in [-0.3, -0.25) is 5.10 Å². The Morgan fingerprint density at radius 1 is 1.21 bits per heavy atom. The van der Waals surface area contributed by atoms with Crippen molar-refractivity contribution < 1.29 is 9.84 Å². The number of nitrogens with one attached hydrogen (secondary N) is 1. The van der Waals surface area contributed by atoms with Crippen LogP contribution in [-0.2, 0) is 0 Å². The molecule has 0 saturated heterocycles. The first-order chi connectivity index (χ1) is 6.93. The lowest BCUT2D eigenvalue weighted by atomic mass is 10.1. The number of aromatic nitrogens is 2. The van der Waals surface area contributed by atoms with Gasteiger partial charge in [0.15, 0.2) is 5.75 Å². The van der Waals surface area contributed by atoms with Crippen LogP contribution in [0.5, 0.6) is 5.75 Å². The Hall–Kier alpha value is -1.03. The number of aliphatic hydroxyl groups is 1. The van der Waals surface area contributed by atoms with E-state index >= 15 is 0 Å². The van der Waals surface area contributed by atoms with Gasteiger partial charge < -0.3 is 9.84 Å². The lowest BCUT2D eigenvalue weighted by molar-refractivity contribution is 0.278. The SMILES string of the molecule is OCCCCCCCOc1cn[nH]c1. The molecule has 4 nitrogen and oxygen atoms in total. The summed E-state index contributed by atoms with van der Waals surface area (Å²) in [5.41, 5.74) is 0. The summed E-state index contributed by atoms with van der Waals surface area (Å²) in [7, 11) is 0. The van der Waals surface area contributed by atoms with Crippen LogP contribution in [0.1, 0.15) is 32.1 Å². The lowest BCUT2D eigenvalue weighted by Gasteiger charge is -2.02. The molecule has 1 heterocycles. The first-order valence-electron chi connectivity index (χ1n) is 5.16. The molecule has 1 aromatic rings. The van der Waals surface area contributed by atoms with E-state index in [2.05, 4.69) is 10.2 Å². The predicted molar refractivity (Wildman–Crippen MR) is 54.3 cm³/mol. The van der Waals surface area contributed by atoms with Crippen LogP contribution in [0.4, 0.5) is 0 Å². The maximum atomic E-state index is 8.56. The van der Waals surface area contributed by atoms with Crippen molar-refractivity contribution in [3.05, 3.63) is 12.4 Å². The fraction of sp³-hybridized carbons (Fsp3) is 0.700. The molecule has 0 aromatic carbocycles. The van der Waals surface area contributed by atoms with Crippen LogP contribution in [0, 0.1) is 0 Å². The minimum atomic E-state index is 0.311. The highest BCUT2D eigenvalue weighted by Gasteiger charge is 1.94. The summed E-state index contributed by atoms with van der Waals surface area (Å²) in [6, 6.07) is 0. The minimum absolute atomic E-state index is 0.311. The van der Waals surface area contributed by atoms with Gasteiger partial charge in [-0.05, 0) is 12.8 Å². The standard InChI is InChI=1S/C10H18N2O2/c13-6-4-2-1-3-5-7-14-10-8-11-12-9-10/h8-9,13H,1-7H2,(H,11,12). The van der Waals surface area contributed by atoms with E-state index in [0.29, 0.717) is 6.61 Å². The Labute approximate surface area is 84.3 Å². The van der Waals surface area contributed by atoms with Crippen molar-refractivity contribution in [2.24, 2.45) is 0 Å². The molecule has 0 unspecified atom stereocenters. The van der Waals surface area contributed by atoms with Crippen LogP contribution in [0.25, 0.3) is 0 Å². The van der Waals surface area contributed by atoms with Gasteiger partial charge in [0.1, 0.15) is 0 Å². The number of rotatable bonds is 8. The van der Waals surface area contributed by atoms with Gasteiger partial charge in [-0.2, -0.15) is 5.10 Å². The molecule has 0 aliphatic rings. The van der Waals surface area contributed by atoms with Crippen molar-refractivity contribution in [2.75, 3.05) is 13.2 Å². The zero-order valence-electron chi connectivity index (χ0n) is 8.41. The van der Waals surface area contributed by atoms with E-state index in [-0.39, 0.29) is 0 Å². The molecule has 0 saturated carbocycles. The highest BCUT2D eigenvalue weighted by molar-refractivity contribution is 5.09. The van der Waals surface area contributed by atoms with Crippen molar-refractivity contribution in [3.8, 4) is 5.75 Å². The highest BCUT2D eigenvalue weighted by Crippen LogP contribution is 2.07. The Balaban J connectivity index is 1.85. The molecule has 0 fully saturated rings. The second-order valence-electron chi connectivity index (χ2n) is 3.27. The van der Waals surface area contributed by atoms with E-state index in [1.54, 1.807) is 12.4 Å². The van der Waals surface area contributed by atoms with Crippen LogP contribution in [0.3, 0.4) is 0 Å². The number of hydrogen-bond acceptors (Lipinski definition) is 3. The third-order valence-electron chi connectivity index (χ3n) is 2.04. The second kappa shape index (κ2) is 7.38. The average molecular weight is 198 g/mol. The molecule has 0 aliphatic heterocycles. The average Bonchev–Trinajstić information content (AvgIpc) is 2.69. The normalized spacial score (nSPS) is 10.4. The highest BCUT2D eigenvalue weighted by atomic mass is 16.5. The summed E-state index contributed by atoms with van der Waals surface area (Å²) in [4.78, 5) is 0. The minimum Gasteiger partial charge on any atom is -0.490 e. The quantitative estimate of drug-likeness (QED) is 0.625. The largest absolute Gasteiger partial charge is 0.490 e. The predicted octanol–water partition coefficient (Wildman–Crippen LogP) is 1.73. The third-order valence-corrected chi connectivity index (χ3v) is 2.04. The molecule has 2 N–H and O–H groups in total. The van der Waals surface area contributed by atoms with Gasteiger partial charge >= 0.3 is 0 Å². The van der Waals surface area contributed by atoms with Crippen LogP contribution < -0.4 is 4.74 Å². The van der Waals surface area contributed by atoms with Gasteiger partial charge in [0, 0.05) is 6.61 Å². The van der Waals surface area contributed by atoms with E-state index in [1.807, 2.05) is 0 Å². The van der Waals surface area contributed by atoms with E-state index in [0.717, 1.165) is 38.0 Å². The number of nitrogens with zero attached hydrogens (tertiary/aromatic N) is 1. The lowest BCUT2D eigenvalue weighted by Crippen LogP contribution is -1.96. The zero-order chi connectivity index (χ0) is 10.1. The Kier molecular flexibility index (Phi) is 5.82. The maximum Gasteiger partial charge on any atom is 0.156 e. The number of H-pyrrole nitrogens is 1. The Morgan fingerprint density at radius 3 is 2.71 bits per heavy atom. The van der Waals surface area contributed by atoms with Gasteiger partial charge in [-0.1, -0.05) is 19.3 Å². The first-order valence-corrected chi connectivity index (χ1v) is 5.16. The fourth-order valence-corrected chi connectivity index (χ4v) is 1.25. The van der Waals surface area contributed by atoms with Crippen LogP contribution in [0.15, 0.2) is 12.4 Å². The van der Waals surface area contributed by atoms with Crippen LogP contribution >= 0.6 is 0 Å². The zero-order valence-corrected chi connectivity index (χ0v) is 8.41. The van der Waals surface area contributed by atoms with Crippen molar-refractivity contribution in [2.45, 2.75) is 32.1 Å². The van der Waals surface area contributed by atoms with Gasteiger partial charge in [0.25, 0.3) is 0 Å². The number of unbranched alkanes of at least 4 members (excludes halogenated alkanes) is 4. The summed E-state index contributed by atoms with van der Waals surface area (Å²) >= 11 is 0. The number of ether oxygens (including phenoxy) is 1.